The lowest BCUT2D eigenvalue weighted by atomic mass is 10.2. The van der Waals surface area contributed by atoms with Crippen LogP contribution in [-0.2, 0) is 26.4 Å². The van der Waals surface area contributed by atoms with E-state index in [1.54, 1.807) is 7.05 Å². The number of tetrazole rings is 1. The van der Waals surface area contributed by atoms with E-state index in [4.69, 9.17) is 4.74 Å². The first kappa shape index (κ1) is 21.6. The number of hydrogen-bond acceptors (Lipinski definition) is 11. The van der Waals surface area contributed by atoms with Crippen LogP contribution < -0.4 is 5.32 Å². The van der Waals surface area contributed by atoms with Gasteiger partial charge in [-0.1, -0.05) is 0 Å². The van der Waals surface area contributed by atoms with Gasteiger partial charge in [0.1, 0.15) is 0 Å². The molecule has 0 unspecified atom stereocenters. The van der Waals surface area contributed by atoms with Crippen LogP contribution in [-0.4, -0.2) is 69.6 Å². The minimum atomic E-state index is -3.16. The van der Waals surface area contributed by atoms with Crippen molar-refractivity contribution < 1.29 is 27.7 Å². The standard InChI is InChI=1S/C15H16N6O7S2/c1-20-15(17-18-19-20)29-12-3-2-9(6-11(12)21(24)25)14(23)28-7-13(22)16-10-4-5-30(26,27)8-10/h2-3,6,10H,4-5,7-8H2,1H3,(H,16,22)/t10-/m1/s1. The Morgan fingerprint density at radius 3 is 2.80 bits per heavy atom. The summed E-state index contributed by atoms with van der Waals surface area (Å²) in [6.45, 7) is -0.635. The average molecular weight is 456 g/mol. The van der Waals surface area contributed by atoms with Crippen LogP contribution in [0.2, 0.25) is 0 Å². The molecule has 0 radical (unpaired) electrons. The number of esters is 1. The highest BCUT2D eigenvalue weighted by Crippen LogP contribution is 2.34. The number of carbonyl (C=O) groups excluding carboxylic acids is 2. The fourth-order valence-corrected chi connectivity index (χ4v) is 5.16. The second-order valence-corrected chi connectivity index (χ2v) is 9.61. The molecule has 0 bridgehead atoms. The number of nitro groups is 1. The molecule has 1 amide bonds. The van der Waals surface area contributed by atoms with Crippen LogP contribution in [0.25, 0.3) is 0 Å². The van der Waals surface area contributed by atoms with E-state index in [9.17, 15) is 28.1 Å². The van der Waals surface area contributed by atoms with E-state index in [1.807, 2.05) is 0 Å². The molecule has 1 aromatic carbocycles. The highest BCUT2D eigenvalue weighted by atomic mass is 32.2. The maximum Gasteiger partial charge on any atom is 0.338 e. The van der Waals surface area contributed by atoms with Crippen LogP contribution in [0.5, 0.6) is 0 Å². The average Bonchev–Trinajstić information content (AvgIpc) is 3.24. The van der Waals surface area contributed by atoms with Gasteiger partial charge in [-0.15, -0.1) is 5.10 Å². The number of aryl methyl sites for hydroxylation is 1. The van der Waals surface area contributed by atoms with E-state index in [0.29, 0.717) is 11.6 Å². The van der Waals surface area contributed by atoms with Gasteiger partial charge in [0.15, 0.2) is 16.4 Å². The Kier molecular flexibility index (Phi) is 6.31. The third kappa shape index (κ3) is 5.29. The molecule has 160 valence electrons. The highest BCUT2D eigenvalue weighted by Gasteiger charge is 2.29. The van der Waals surface area contributed by atoms with Crippen molar-refractivity contribution in [2.45, 2.75) is 22.5 Å². The van der Waals surface area contributed by atoms with E-state index in [1.165, 1.54) is 16.8 Å². The summed E-state index contributed by atoms with van der Waals surface area (Å²) >= 11 is 0.952. The van der Waals surface area contributed by atoms with Crippen molar-refractivity contribution in [1.82, 2.24) is 25.5 Å². The first-order valence-corrected chi connectivity index (χ1v) is 11.1. The molecule has 1 atom stereocenters. The predicted octanol–water partition coefficient (Wildman–Crippen LogP) is -0.270. The molecule has 1 aliphatic heterocycles. The maximum atomic E-state index is 12.2. The van der Waals surface area contributed by atoms with Gasteiger partial charge in [-0.3, -0.25) is 14.9 Å². The number of nitrogens with one attached hydrogen (secondary N) is 1. The zero-order valence-corrected chi connectivity index (χ0v) is 17.2. The number of nitro benzene ring substituents is 1. The molecule has 0 aliphatic carbocycles. The Balaban J connectivity index is 1.63. The molecule has 1 aliphatic rings. The second-order valence-electron chi connectivity index (χ2n) is 6.37. The van der Waals surface area contributed by atoms with Gasteiger partial charge in [0.05, 0.1) is 26.9 Å². The smallest absolute Gasteiger partial charge is 0.338 e. The third-order valence-electron chi connectivity index (χ3n) is 4.11. The van der Waals surface area contributed by atoms with Gasteiger partial charge >= 0.3 is 5.97 Å². The molecule has 1 saturated heterocycles. The summed E-state index contributed by atoms with van der Waals surface area (Å²) in [5.74, 6) is -1.74. The van der Waals surface area contributed by atoms with Crippen molar-refractivity contribution in [3.05, 3.63) is 33.9 Å². The maximum absolute atomic E-state index is 12.2. The molecule has 13 nitrogen and oxygen atoms in total. The summed E-state index contributed by atoms with van der Waals surface area (Å²) in [5.41, 5.74) is -0.462. The Morgan fingerprint density at radius 1 is 1.43 bits per heavy atom. The summed E-state index contributed by atoms with van der Waals surface area (Å²) in [7, 11) is -1.58. The van der Waals surface area contributed by atoms with Crippen LogP contribution in [0.15, 0.2) is 28.3 Å². The summed E-state index contributed by atoms with van der Waals surface area (Å²) in [4.78, 5) is 35.0. The van der Waals surface area contributed by atoms with E-state index in [-0.39, 0.29) is 27.7 Å². The molecule has 2 heterocycles. The summed E-state index contributed by atoms with van der Waals surface area (Å²) in [6, 6.07) is 3.20. The van der Waals surface area contributed by atoms with Crippen molar-refractivity contribution in [2.75, 3.05) is 18.1 Å². The van der Waals surface area contributed by atoms with E-state index in [0.717, 1.165) is 17.8 Å². The van der Waals surface area contributed by atoms with Gasteiger partial charge in [-0.2, -0.15) is 0 Å². The minimum Gasteiger partial charge on any atom is -0.452 e. The van der Waals surface area contributed by atoms with Gasteiger partial charge in [0.2, 0.25) is 5.16 Å². The lowest BCUT2D eigenvalue weighted by Gasteiger charge is -2.11. The number of ether oxygens (including phenoxy) is 1. The number of benzene rings is 1. The Hall–Kier alpha value is -3.07. The van der Waals surface area contributed by atoms with E-state index < -0.39 is 39.3 Å². The number of hydrogen-bond donors (Lipinski definition) is 1. The highest BCUT2D eigenvalue weighted by molar-refractivity contribution is 7.99. The molecule has 3 rings (SSSR count). The van der Waals surface area contributed by atoms with Crippen molar-refractivity contribution in [1.29, 1.82) is 0 Å². The second kappa shape index (κ2) is 8.74. The van der Waals surface area contributed by atoms with Crippen LogP contribution in [0, 0.1) is 10.1 Å². The monoisotopic (exact) mass is 456 g/mol. The summed E-state index contributed by atoms with van der Waals surface area (Å²) in [6.07, 6.45) is 0.300. The van der Waals surface area contributed by atoms with Crippen molar-refractivity contribution in [2.24, 2.45) is 7.05 Å². The first-order valence-electron chi connectivity index (χ1n) is 8.50. The van der Waals surface area contributed by atoms with Gasteiger partial charge in [-0.05, 0) is 40.7 Å². The zero-order valence-electron chi connectivity index (χ0n) is 15.5. The van der Waals surface area contributed by atoms with Gasteiger partial charge in [-0.25, -0.2) is 17.9 Å². The largest absolute Gasteiger partial charge is 0.452 e. The van der Waals surface area contributed by atoms with Crippen molar-refractivity contribution in [3.8, 4) is 0 Å². The number of aromatic nitrogens is 4. The molecule has 15 heteroatoms. The first-order chi connectivity index (χ1) is 14.1. The fourth-order valence-electron chi connectivity index (χ4n) is 2.67. The summed E-state index contributed by atoms with van der Waals surface area (Å²) in [5, 5.41) is 25.0. The SMILES string of the molecule is Cn1nnnc1Sc1ccc(C(=O)OCC(=O)N[C@@H]2CCS(=O)(=O)C2)cc1[N+](=O)[O-]. The van der Waals surface area contributed by atoms with Crippen molar-refractivity contribution >= 4 is 39.2 Å². The third-order valence-corrected chi connectivity index (χ3v) is 6.97. The topological polar surface area (TPSA) is 176 Å². The molecular formula is C15H16N6O7S2. The zero-order chi connectivity index (χ0) is 21.9. The van der Waals surface area contributed by atoms with Gasteiger partial charge in [0.25, 0.3) is 11.6 Å². The van der Waals surface area contributed by atoms with Crippen LogP contribution >= 0.6 is 11.8 Å². The predicted molar refractivity (Wildman–Crippen MR) is 102 cm³/mol. The lowest BCUT2D eigenvalue weighted by molar-refractivity contribution is -0.387. The van der Waals surface area contributed by atoms with Gasteiger partial charge < -0.3 is 10.1 Å². The van der Waals surface area contributed by atoms with Crippen LogP contribution in [0.4, 0.5) is 5.69 Å². The van der Waals surface area contributed by atoms with Crippen LogP contribution in [0.1, 0.15) is 16.8 Å². The Bertz CT molecular complexity index is 1100. The molecular weight excluding hydrogens is 440 g/mol. The van der Waals surface area contributed by atoms with E-state index >= 15 is 0 Å². The fraction of sp³-hybridized carbons (Fsp3) is 0.400. The number of carbonyl (C=O) groups is 2. The quantitative estimate of drug-likeness (QED) is 0.329. The lowest BCUT2D eigenvalue weighted by Crippen LogP contribution is -2.38. The van der Waals surface area contributed by atoms with E-state index in [2.05, 4.69) is 20.8 Å². The molecule has 2 aromatic rings. The Labute approximate surface area is 174 Å². The molecule has 1 N–H and O–H groups in total. The van der Waals surface area contributed by atoms with Crippen molar-refractivity contribution in [3.63, 3.8) is 0 Å². The molecule has 1 fully saturated rings. The molecule has 30 heavy (non-hydrogen) atoms. The number of nitrogens with zero attached hydrogens (tertiary/aromatic N) is 5. The number of rotatable bonds is 7. The number of amides is 1. The van der Waals surface area contributed by atoms with Crippen LogP contribution in [0.3, 0.4) is 0 Å². The molecule has 1 aromatic heterocycles. The summed E-state index contributed by atoms with van der Waals surface area (Å²) < 4.78 is 29.0. The molecule has 0 spiro atoms. The minimum absolute atomic E-state index is 0.00381. The Morgan fingerprint density at radius 2 is 2.20 bits per heavy atom. The van der Waals surface area contributed by atoms with Gasteiger partial charge in [0, 0.05) is 19.2 Å². The normalized spacial score (nSPS) is 17.4. The molecule has 0 saturated carbocycles. The number of sulfone groups is 1.